The van der Waals surface area contributed by atoms with Gasteiger partial charge in [0, 0.05) is 45.5 Å². The molecule has 2 heterocycles. The van der Waals surface area contributed by atoms with Crippen LogP contribution in [0.25, 0.3) is 0 Å². The van der Waals surface area contributed by atoms with Gasteiger partial charge in [-0.3, -0.25) is 9.59 Å². The summed E-state index contributed by atoms with van der Waals surface area (Å²) in [4.78, 5) is 33.3. The first-order chi connectivity index (χ1) is 12.6. The highest BCUT2D eigenvalue weighted by Gasteiger charge is 2.28. The van der Waals surface area contributed by atoms with Crippen molar-refractivity contribution in [2.24, 2.45) is 11.7 Å². The second-order valence-electron chi connectivity index (χ2n) is 6.65. The first-order valence-electron chi connectivity index (χ1n) is 9.58. The van der Waals surface area contributed by atoms with E-state index in [4.69, 9.17) is 5.73 Å². The minimum atomic E-state index is -0.161. The van der Waals surface area contributed by atoms with Crippen molar-refractivity contribution in [2.75, 3.05) is 44.2 Å². The predicted molar refractivity (Wildman–Crippen MR) is 118 cm³/mol. The third kappa shape index (κ3) is 7.11. The van der Waals surface area contributed by atoms with Crippen LogP contribution < -0.4 is 16.0 Å². The van der Waals surface area contributed by atoms with E-state index in [2.05, 4.69) is 29.0 Å². The van der Waals surface area contributed by atoms with Crippen LogP contribution in [0.3, 0.4) is 0 Å². The van der Waals surface area contributed by atoms with Crippen molar-refractivity contribution in [1.29, 1.82) is 0 Å². The molecule has 0 bridgehead atoms. The van der Waals surface area contributed by atoms with E-state index in [1.54, 1.807) is 11.1 Å². The Bertz CT molecular complexity index is 600. The van der Waals surface area contributed by atoms with E-state index in [9.17, 15) is 9.59 Å². The third-order valence-corrected chi connectivity index (χ3v) is 4.72. The van der Waals surface area contributed by atoms with Crippen LogP contribution in [-0.4, -0.2) is 61.0 Å². The Morgan fingerprint density at radius 2 is 2.07 bits per heavy atom. The minimum Gasteiger partial charge on any atom is -0.357 e. The Balaban J connectivity index is 0.00000364. The number of nitrogens with one attached hydrogen (secondary N) is 1. The normalized spacial score (nSPS) is 15.8. The van der Waals surface area contributed by atoms with Crippen molar-refractivity contribution in [2.45, 2.75) is 33.1 Å². The molecule has 1 aromatic heterocycles. The maximum Gasteiger partial charge on any atom is 0.255 e. The van der Waals surface area contributed by atoms with Crippen LogP contribution in [-0.2, 0) is 4.79 Å². The Kier molecular flexibility index (Phi) is 12.8. The Labute approximate surface area is 180 Å². The number of hydrogen-bond acceptors (Lipinski definition) is 5. The fourth-order valence-corrected chi connectivity index (χ4v) is 3.30. The number of likely N-dealkylation sites (tertiary alicyclic amines) is 1. The average Bonchev–Trinajstić information content (AvgIpc) is 2.70. The second kappa shape index (κ2) is 13.6. The molecular weight excluding hydrogens is 401 g/mol. The molecule has 1 atom stereocenters. The molecule has 28 heavy (non-hydrogen) atoms. The van der Waals surface area contributed by atoms with E-state index in [1.807, 2.05) is 12.1 Å². The third-order valence-electron chi connectivity index (χ3n) is 4.72. The molecule has 2 rings (SSSR count). The lowest BCUT2D eigenvalue weighted by Gasteiger charge is -2.32. The summed E-state index contributed by atoms with van der Waals surface area (Å²) >= 11 is 0. The van der Waals surface area contributed by atoms with Gasteiger partial charge in [-0.1, -0.05) is 6.92 Å². The molecule has 0 spiro atoms. The van der Waals surface area contributed by atoms with Gasteiger partial charge in [-0.05, 0) is 38.3 Å². The molecule has 0 aromatic carbocycles. The zero-order valence-corrected chi connectivity index (χ0v) is 18.4. The van der Waals surface area contributed by atoms with Crippen molar-refractivity contribution in [1.82, 2.24) is 15.2 Å². The number of anilines is 1. The summed E-state index contributed by atoms with van der Waals surface area (Å²) in [5.41, 5.74) is 6.00. The Morgan fingerprint density at radius 1 is 1.32 bits per heavy atom. The largest absolute Gasteiger partial charge is 0.357 e. The van der Waals surface area contributed by atoms with Gasteiger partial charge in [0.1, 0.15) is 5.82 Å². The zero-order chi connectivity index (χ0) is 18.9. The van der Waals surface area contributed by atoms with Crippen LogP contribution in [0.1, 0.15) is 43.5 Å². The molecule has 1 unspecified atom stereocenters. The van der Waals surface area contributed by atoms with Crippen LogP contribution in [0, 0.1) is 5.92 Å². The number of carbonyl (C=O) groups excluding carboxylic acids is 2. The number of nitrogens with zero attached hydrogens (tertiary/aromatic N) is 3. The maximum absolute atomic E-state index is 12.8. The number of rotatable bonds is 8. The summed E-state index contributed by atoms with van der Waals surface area (Å²) in [6.07, 6.45) is 4.34. The van der Waals surface area contributed by atoms with Crippen molar-refractivity contribution >= 4 is 42.4 Å². The number of nitrogens with two attached hydrogens (primary N) is 1. The quantitative estimate of drug-likeness (QED) is 0.654. The molecule has 0 aliphatic carbocycles. The standard InChI is InChI=1S/C19H31N5O2.2ClH/c1-3-11-23(4-2)17-8-7-15(13-22-17)19(26)24-12-5-6-16(14-24)18(25)21-10-9-20;;/h7-8,13,16H,3-6,9-12,14,20H2,1-2H3,(H,21,25);2*1H. The number of piperidine rings is 1. The summed E-state index contributed by atoms with van der Waals surface area (Å²) in [5.74, 6) is 0.661. The summed E-state index contributed by atoms with van der Waals surface area (Å²) in [5, 5.41) is 2.82. The first kappa shape index (κ1) is 26.4. The number of halogens is 2. The molecule has 1 aliphatic rings. The monoisotopic (exact) mass is 433 g/mol. The van der Waals surface area contributed by atoms with E-state index in [0.29, 0.717) is 31.7 Å². The molecule has 0 saturated carbocycles. The summed E-state index contributed by atoms with van der Waals surface area (Å²) < 4.78 is 0. The molecule has 2 amide bonds. The molecule has 0 radical (unpaired) electrons. The first-order valence-corrected chi connectivity index (χ1v) is 9.58. The van der Waals surface area contributed by atoms with Gasteiger partial charge < -0.3 is 20.9 Å². The SMILES string of the molecule is CCCN(CC)c1ccc(C(=O)N2CCCC(C(=O)NCCN)C2)cn1.Cl.Cl. The average molecular weight is 434 g/mol. The number of carbonyl (C=O) groups is 2. The second-order valence-corrected chi connectivity index (χ2v) is 6.65. The van der Waals surface area contributed by atoms with Crippen LogP contribution in [0.2, 0.25) is 0 Å². The van der Waals surface area contributed by atoms with Crippen LogP contribution in [0.4, 0.5) is 5.82 Å². The van der Waals surface area contributed by atoms with E-state index in [0.717, 1.165) is 38.2 Å². The summed E-state index contributed by atoms with van der Waals surface area (Å²) in [6, 6.07) is 3.74. The van der Waals surface area contributed by atoms with Crippen LogP contribution >= 0.6 is 24.8 Å². The number of pyridine rings is 1. The minimum absolute atomic E-state index is 0. The van der Waals surface area contributed by atoms with E-state index in [-0.39, 0.29) is 42.5 Å². The molecule has 1 aromatic rings. The molecule has 9 heteroatoms. The lowest BCUT2D eigenvalue weighted by atomic mass is 9.96. The molecule has 7 nitrogen and oxygen atoms in total. The highest BCUT2D eigenvalue weighted by Crippen LogP contribution is 2.20. The van der Waals surface area contributed by atoms with Crippen molar-refractivity contribution in [3.05, 3.63) is 23.9 Å². The van der Waals surface area contributed by atoms with E-state index in [1.165, 1.54) is 0 Å². The molecular formula is C19H33Cl2N5O2. The van der Waals surface area contributed by atoms with E-state index < -0.39 is 0 Å². The molecule has 1 fully saturated rings. The van der Waals surface area contributed by atoms with Gasteiger partial charge in [-0.2, -0.15) is 0 Å². The highest BCUT2D eigenvalue weighted by molar-refractivity contribution is 5.94. The van der Waals surface area contributed by atoms with Gasteiger partial charge >= 0.3 is 0 Å². The predicted octanol–water partition coefficient (Wildman–Crippen LogP) is 2.09. The number of aromatic nitrogens is 1. The highest BCUT2D eigenvalue weighted by atomic mass is 35.5. The lowest BCUT2D eigenvalue weighted by Crippen LogP contribution is -2.46. The van der Waals surface area contributed by atoms with Crippen molar-refractivity contribution < 1.29 is 9.59 Å². The van der Waals surface area contributed by atoms with Gasteiger partial charge in [-0.25, -0.2) is 4.98 Å². The molecule has 3 N–H and O–H groups in total. The van der Waals surface area contributed by atoms with Crippen molar-refractivity contribution in [3.8, 4) is 0 Å². The fourth-order valence-electron chi connectivity index (χ4n) is 3.30. The smallest absolute Gasteiger partial charge is 0.255 e. The number of hydrogen-bond donors (Lipinski definition) is 2. The van der Waals surface area contributed by atoms with Gasteiger partial charge in [0.2, 0.25) is 5.91 Å². The molecule has 1 aliphatic heterocycles. The summed E-state index contributed by atoms with van der Waals surface area (Å²) in [7, 11) is 0. The zero-order valence-electron chi connectivity index (χ0n) is 16.7. The van der Waals surface area contributed by atoms with E-state index >= 15 is 0 Å². The Hall–Kier alpha value is -1.57. The fraction of sp³-hybridized carbons (Fsp3) is 0.632. The summed E-state index contributed by atoms with van der Waals surface area (Å²) in [6.45, 7) is 8.09. The maximum atomic E-state index is 12.8. The van der Waals surface area contributed by atoms with Crippen molar-refractivity contribution in [3.63, 3.8) is 0 Å². The van der Waals surface area contributed by atoms with Gasteiger partial charge in [0.05, 0.1) is 11.5 Å². The van der Waals surface area contributed by atoms with Crippen LogP contribution in [0.15, 0.2) is 18.3 Å². The van der Waals surface area contributed by atoms with Gasteiger partial charge in [0.15, 0.2) is 0 Å². The van der Waals surface area contributed by atoms with Crippen LogP contribution in [0.5, 0.6) is 0 Å². The lowest BCUT2D eigenvalue weighted by molar-refractivity contribution is -0.126. The topological polar surface area (TPSA) is 91.6 Å². The number of amides is 2. The molecule has 160 valence electrons. The van der Waals surface area contributed by atoms with Gasteiger partial charge in [0.25, 0.3) is 5.91 Å². The van der Waals surface area contributed by atoms with Gasteiger partial charge in [-0.15, -0.1) is 24.8 Å². The molecule has 1 saturated heterocycles. The Morgan fingerprint density at radius 3 is 2.64 bits per heavy atom.